The molecule has 0 atom stereocenters. The third kappa shape index (κ3) is 4.79. The van der Waals surface area contributed by atoms with E-state index < -0.39 is 21.2 Å². The zero-order chi connectivity index (χ0) is 20.4. The van der Waals surface area contributed by atoms with Crippen LogP contribution < -0.4 is 5.43 Å². The minimum atomic E-state index is -0.737. The highest BCUT2D eigenvalue weighted by Gasteiger charge is 2.21. The van der Waals surface area contributed by atoms with Gasteiger partial charge in [0.2, 0.25) is 0 Å². The van der Waals surface area contributed by atoms with Crippen LogP contribution in [0.1, 0.15) is 31.9 Å². The molecule has 142 valence electrons. The second-order valence-corrected chi connectivity index (χ2v) is 7.64. The molecule has 0 aliphatic heterocycles. The van der Waals surface area contributed by atoms with E-state index in [0.29, 0.717) is 11.1 Å². The summed E-state index contributed by atoms with van der Waals surface area (Å²) in [6.45, 7) is 5.86. The Labute approximate surface area is 163 Å². The van der Waals surface area contributed by atoms with Gasteiger partial charge in [-0.25, -0.2) is 0 Å². The van der Waals surface area contributed by atoms with Gasteiger partial charge in [-0.05, 0) is 23.6 Å². The monoisotopic (exact) mass is 436 g/mol. The van der Waals surface area contributed by atoms with Crippen molar-refractivity contribution in [3.05, 3.63) is 66.2 Å². The molecule has 0 heterocycles. The molecule has 0 aliphatic rings. The summed E-state index contributed by atoms with van der Waals surface area (Å²) in [5.74, 6) is 0.0504. The van der Waals surface area contributed by atoms with Gasteiger partial charge in [-0.15, -0.1) is 0 Å². The van der Waals surface area contributed by atoms with E-state index in [9.17, 15) is 25.3 Å². The van der Waals surface area contributed by atoms with Crippen LogP contribution in [0.5, 0.6) is 5.75 Å². The predicted molar refractivity (Wildman–Crippen MR) is 105 cm³/mol. The highest BCUT2D eigenvalue weighted by Crippen LogP contribution is 2.35. The highest BCUT2D eigenvalue weighted by molar-refractivity contribution is 9.10. The first kappa shape index (κ1) is 20.3. The van der Waals surface area contributed by atoms with Crippen LogP contribution in [0.25, 0.3) is 0 Å². The maximum atomic E-state index is 11.1. The van der Waals surface area contributed by atoms with Crippen LogP contribution in [-0.2, 0) is 5.41 Å². The van der Waals surface area contributed by atoms with Crippen molar-refractivity contribution in [1.82, 2.24) is 0 Å². The molecule has 0 radical (unpaired) electrons. The number of nitro benzene ring substituents is 2. The van der Waals surface area contributed by atoms with Crippen LogP contribution >= 0.6 is 15.9 Å². The number of non-ortho nitro benzene ring substituents is 1. The van der Waals surface area contributed by atoms with E-state index in [1.807, 2.05) is 20.8 Å². The summed E-state index contributed by atoms with van der Waals surface area (Å²) < 4.78 is 0.744. The maximum absolute atomic E-state index is 11.1. The van der Waals surface area contributed by atoms with Crippen molar-refractivity contribution < 1.29 is 15.0 Å². The average Bonchev–Trinajstić information content (AvgIpc) is 2.56. The fourth-order valence-electron chi connectivity index (χ4n) is 2.34. The summed E-state index contributed by atoms with van der Waals surface area (Å²) in [6, 6.07) is 6.65. The Morgan fingerprint density at radius 1 is 1.15 bits per heavy atom. The van der Waals surface area contributed by atoms with Gasteiger partial charge in [-0.2, -0.15) is 5.10 Å². The first-order chi connectivity index (χ1) is 12.5. The van der Waals surface area contributed by atoms with E-state index in [2.05, 4.69) is 26.5 Å². The summed E-state index contributed by atoms with van der Waals surface area (Å²) in [5.41, 5.74) is 2.43. The zero-order valence-corrected chi connectivity index (χ0v) is 16.3. The van der Waals surface area contributed by atoms with Crippen molar-refractivity contribution in [2.75, 3.05) is 5.43 Å². The number of halogens is 1. The second kappa shape index (κ2) is 7.70. The third-order valence-electron chi connectivity index (χ3n) is 3.69. The van der Waals surface area contributed by atoms with Gasteiger partial charge >= 0.3 is 5.69 Å². The molecule has 2 N–H and O–H groups in total. The SMILES string of the molecule is CC(C)(C)c1cc(Br)cc(C=NNc2ccc([N+](=O)[O-])cc2[N+](=O)[O-])c1O. The van der Waals surface area contributed by atoms with Crippen LogP contribution in [0.2, 0.25) is 0 Å². The lowest BCUT2D eigenvalue weighted by Gasteiger charge is -2.21. The second-order valence-electron chi connectivity index (χ2n) is 6.73. The van der Waals surface area contributed by atoms with Crippen molar-refractivity contribution in [1.29, 1.82) is 0 Å². The topological polar surface area (TPSA) is 131 Å². The normalized spacial score (nSPS) is 11.6. The van der Waals surface area contributed by atoms with Crippen molar-refractivity contribution in [3.63, 3.8) is 0 Å². The molecular formula is C17H17BrN4O5. The lowest BCUT2D eigenvalue weighted by atomic mass is 9.85. The first-order valence-electron chi connectivity index (χ1n) is 7.75. The molecule has 0 saturated carbocycles. The van der Waals surface area contributed by atoms with Gasteiger partial charge in [0.25, 0.3) is 5.69 Å². The van der Waals surface area contributed by atoms with Gasteiger partial charge in [-0.3, -0.25) is 25.7 Å². The Balaban J connectivity index is 2.35. The fraction of sp³-hybridized carbons (Fsp3) is 0.235. The molecule has 0 aromatic heterocycles. The lowest BCUT2D eigenvalue weighted by Crippen LogP contribution is -2.12. The Kier molecular flexibility index (Phi) is 5.79. The third-order valence-corrected chi connectivity index (χ3v) is 4.15. The maximum Gasteiger partial charge on any atom is 0.301 e. The molecule has 2 aromatic rings. The van der Waals surface area contributed by atoms with E-state index in [0.717, 1.165) is 16.6 Å². The molecule has 0 spiro atoms. The molecule has 0 fully saturated rings. The fourth-order valence-corrected chi connectivity index (χ4v) is 2.82. The van der Waals surface area contributed by atoms with E-state index in [1.165, 1.54) is 12.3 Å². The average molecular weight is 437 g/mol. The summed E-state index contributed by atoms with van der Waals surface area (Å²) in [4.78, 5) is 20.4. The minimum Gasteiger partial charge on any atom is -0.507 e. The number of hydrogen-bond acceptors (Lipinski definition) is 7. The van der Waals surface area contributed by atoms with Crippen LogP contribution in [0.4, 0.5) is 17.1 Å². The molecule has 9 nitrogen and oxygen atoms in total. The number of benzene rings is 2. The molecule has 0 unspecified atom stereocenters. The van der Waals surface area contributed by atoms with Gasteiger partial charge in [0.1, 0.15) is 11.4 Å². The number of anilines is 1. The molecule has 0 bridgehead atoms. The lowest BCUT2D eigenvalue weighted by molar-refractivity contribution is -0.393. The summed E-state index contributed by atoms with van der Waals surface area (Å²) in [5, 5.41) is 36.3. The number of nitrogens with zero attached hydrogens (tertiary/aromatic N) is 3. The number of phenolic OH excluding ortho intramolecular Hbond substituents is 1. The molecule has 0 saturated heterocycles. The van der Waals surface area contributed by atoms with Crippen molar-refractivity contribution in [2.45, 2.75) is 26.2 Å². The van der Waals surface area contributed by atoms with Crippen LogP contribution in [0, 0.1) is 20.2 Å². The van der Waals surface area contributed by atoms with Crippen molar-refractivity contribution in [3.8, 4) is 5.75 Å². The number of hydrazone groups is 1. The summed E-state index contributed by atoms with van der Waals surface area (Å²) >= 11 is 3.38. The molecule has 27 heavy (non-hydrogen) atoms. The van der Waals surface area contributed by atoms with E-state index in [4.69, 9.17) is 0 Å². The standard InChI is InChI=1S/C17H17BrN4O5/c1-17(2,3)13-7-11(18)6-10(16(13)23)9-19-20-14-5-4-12(21(24)25)8-15(14)22(26)27/h4-9,20,23H,1-3H3. The Hall–Kier alpha value is -3.01. The first-order valence-corrected chi connectivity index (χ1v) is 8.55. The number of nitrogens with one attached hydrogen (secondary N) is 1. The van der Waals surface area contributed by atoms with E-state index in [-0.39, 0.29) is 16.9 Å². The van der Waals surface area contributed by atoms with Gasteiger partial charge in [0.15, 0.2) is 0 Å². The molecule has 10 heteroatoms. The van der Waals surface area contributed by atoms with Crippen molar-refractivity contribution >= 4 is 39.2 Å². The quantitative estimate of drug-likeness (QED) is 0.396. The number of nitro groups is 2. The van der Waals surface area contributed by atoms with Crippen LogP contribution in [0.3, 0.4) is 0 Å². The van der Waals surface area contributed by atoms with E-state index in [1.54, 1.807) is 12.1 Å². The molecule has 0 amide bonds. The Morgan fingerprint density at radius 2 is 1.81 bits per heavy atom. The molecule has 0 aliphatic carbocycles. The molecular weight excluding hydrogens is 420 g/mol. The highest BCUT2D eigenvalue weighted by atomic mass is 79.9. The number of phenols is 1. The smallest absolute Gasteiger partial charge is 0.301 e. The van der Waals surface area contributed by atoms with E-state index >= 15 is 0 Å². The van der Waals surface area contributed by atoms with Crippen molar-refractivity contribution in [2.24, 2.45) is 5.10 Å². The number of rotatable bonds is 5. The van der Waals surface area contributed by atoms with Gasteiger partial charge in [0, 0.05) is 21.7 Å². The Morgan fingerprint density at radius 3 is 2.37 bits per heavy atom. The largest absolute Gasteiger partial charge is 0.507 e. The Bertz CT molecular complexity index is 938. The number of hydrogen-bond donors (Lipinski definition) is 2. The zero-order valence-electron chi connectivity index (χ0n) is 14.8. The summed E-state index contributed by atoms with van der Waals surface area (Å²) in [7, 11) is 0. The predicted octanol–water partition coefficient (Wildman–Crippen LogP) is 4.71. The van der Waals surface area contributed by atoms with Gasteiger partial charge < -0.3 is 5.11 Å². The summed E-state index contributed by atoms with van der Waals surface area (Å²) in [6.07, 6.45) is 1.32. The molecule has 2 rings (SSSR count). The van der Waals surface area contributed by atoms with Gasteiger partial charge in [0.05, 0.1) is 22.1 Å². The molecule has 2 aromatic carbocycles. The minimum absolute atomic E-state index is 0.00705. The van der Waals surface area contributed by atoms with Crippen LogP contribution in [0.15, 0.2) is 39.9 Å². The number of aromatic hydroxyl groups is 1. The van der Waals surface area contributed by atoms with Gasteiger partial charge in [-0.1, -0.05) is 36.7 Å². The van der Waals surface area contributed by atoms with Crippen LogP contribution in [-0.4, -0.2) is 21.2 Å².